The van der Waals surface area contributed by atoms with Gasteiger partial charge in [-0.2, -0.15) is 5.26 Å². The fraction of sp³-hybridized carbons (Fsp3) is 0.462. The van der Waals surface area contributed by atoms with Gasteiger partial charge in [0.05, 0.1) is 17.2 Å². The predicted molar refractivity (Wildman–Crippen MR) is 60.2 cm³/mol. The lowest BCUT2D eigenvalue weighted by atomic mass is 9.81. The van der Waals surface area contributed by atoms with Gasteiger partial charge < -0.3 is 9.84 Å². The molecule has 0 radical (unpaired) electrons. The molecule has 0 saturated heterocycles. The van der Waals surface area contributed by atoms with Crippen molar-refractivity contribution in [2.24, 2.45) is 0 Å². The van der Waals surface area contributed by atoms with E-state index in [1.165, 1.54) is 0 Å². The molecule has 3 heteroatoms. The second kappa shape index (κ2) is 4.15. The Bertz CT molecular complexity index is 430. The van der Waals surface area contributed by atoms with Gasteiger partial charge in [-0.3, -0.25) is 0 Å². The smallest absolute Gasteiger partial charge is 0.123 e. The number of ether oxygens (including phenoxy) is 1. The Labute approximate surface area is 95.3 Å². The molecule has 0 heterocycles. The lowest BCUT2D eigenvalue weighted by Crippen LogP contribution is -2.42. The van der Waals surface area contributed by atoms with Crippen LogP contribution in [0.4, 0.5) is 0 Å². The van der Waals surface area contributed by atoms with Gasteiger partial charge in [-0.15, -0.1) is 0 Å². The third kappa shape index (κ3) is 2.17. The largest absolute Gasteiger partial charge is 0.490 e. The van der Waals surface area contributed by atoms with Crippen molar-refractivity contribution >= 4 is 0 Å². The average Bonchev–Trinajstić information content (AvgIpc) is 2.25. The van der Waals surface area contributed by atoms with Crippen LogP contribution in [-0.4, -0.2) is 17.3 Å². The first-order valence-electron chi connectivity index (χ1n) is 5.49. The summed E-state index contributed by atoms with van der Waals surface area (Å²) >= 11 is 0. The van der Waals surface area contributed by atoms with Crippen molar-refractivity contribution in [1.82, 2.24) is 0 Å². The maximum absolute atomic E-state index is 9.90. The molecule has 2 rings (SSSR count). The van der Waals surface area contributed by atoms with E-state index in [0.29, 0.717) is 17.9 Å². The van der Waals surface area contributed by atoms with Gasteiger partial charge in [0.1, 0.15) is 12.4 Å². The molecule has 0 bridgehead atoms. The van der Waals surface area contributed by atoms with Gasteiger partial charge in [-0.1, -0.05) is 6.07 Å². The maximum Gasteiger partial charge on any atom is 0.123 e. The van der Waals surface area contributed by atoms with E-state index < -0.39 is 5.60 Å². The van der Waals surface area contributed by atoms with Gasteiger partial charge in [0.25, 0.3) is 0 Å². The van der Waals surface area contributed by atoms with E-state index >= 15 is 0 Å². The number of rotatable bonds is 3. The van der Waals surface area contributed by atoms with Crippen molar-refractivity contribution in [2.45, 2.75) is 31.8 Å². The lowest BCUT2D eigenvalue weighted by molar-refractivity contribution is -0.0664. The number of hydrogen-bond donors (Lipinski definition) is 1. The van der Waals surface area contributed by atoms with Gasteiger partial charge in [0, 0.05) is 0 Å². The van der Waals surface area contributed by atoms with Crippen molar-refractivity contribution in [3.05, 3.63) is 29.3 Å². The Kier molecular flexibility index (Phi) is 2.84. The quantitative estimate of drug-likeness (QED) is 0.844. The summed E-state index contributed by atoms with van der Waals surface area (Å²) in [7, 11) is 0. The number of nitriles is 1. The van der Waals surface area contributed by atoms with Crippen LogP contribution >= 0.6 is 0 Å². The standard InChI is InChI=1S/C13H15NO2/c1-10-3-4-11(8-14)7-12(10)16-9-13(15)5-2-6-13/h3-4,7,15H,2,5-6,9H2,1H3. The van der Waals surface area contributed by atoms with Crippen LogP contribution in [0.3, 0.4) is 0 Å². The normalized spacial score (nSPS) is 17.3. The van der Waals surface area contributed by atoms with Crippen LogP contribution in [0, 0.1) is 18.3 Å². The van der Waals surface area contributed by atoms with Crippen LogP contribution < -0.4 is 4.74 Å². The summed E-state index contributed by atoms with van der Waals surface area (Å²) in [5.41, 5.74) is 0.929. The molecule has 3 nitrogen and oxygen atoms in total. The number of benzene rings is 1. The number of hydrogen-bond acceptors (Lipinski definition) is 3. The van der Waals surface area contributed by atoms with Crippen LogP contribution in [0.2, 0.25) is 0 Å². The molecule has 16 heavy (non-hydrogen) atoms. The first-order valence-corrected chi connectivity index (χ1v) is 5.49. The van der Waals surface area contributed by atoms with Crippen molar-refractivity contribution in [1.29, 1.82) is 5.26 Å². The molecule has 1 aliphatic carbocycles. The topological polar surface area (TPSA) is 53.2 Å². The van der Waals surface area contributed by atoms with E-state index in [1.54, 1.807) is 12.1 Å². The second-order valence-electron chi connectivity index (χ2n) is 4.46. The van der Waals surface area contributed by atoms with E-state index in [0.717, 1.165) is 24.8 Å². The molecule has 1 fully saturated rings. The highest BCUT2D eigenvalue weighted by Crippen LogP contribution is 2.32. The molecular formula is C13H15NO2. The van der Waals surface area contributed by atoms with E-state index in [4.69, 9.17) is 10.00 Å². The van der Waals surface area contributed by atoms with Gasteiger partial charge in [-0.25, -0.2) is 0 Å². The summed E-state index contributed by atoms with van der Waals surface area (Å²) < 4.78 is 5.59. The highest BCUT2D eigenvalue weighted by Gasteiger charge is 2.35. The molecule has 1 N–H and O–H groups in total. The highest BCUT2D eigenvalue weighted by molar-refractivity contribution is 5.41. The zero-order valence-electron chi connectivity index (χ0n) is 9.36. The van der Waals surface area contributed by atoms with E-state index in [9.17, 15) is 5.11 Å². The summed E-state index contributed by atoms with van der Waals surface area (Å²) in [5, 5.41) is 18.7. The van der Waals surface area contributed by atoms with Crippen molar-refractivity contribution in [2.75, 3.05) is 6.61 Å². The van der Waals surface area contributed by atoms with E-state index in [2.05, 4.69) is 6.07 Å². The lowest BCUT2D eigenvalue weighted by Gasteiger charge is -2.36. The first-order chi connectivity index (χ1) is 7.63. The Balaban J connectivity index is 2.06. The van der Waals surface area contributed by atoms with Gasteiger partial charge in [0.2, 0.25) is 0 Å². The molecule has 1 saturated carbocycles. The second-order valence-corrected chi connectivity index (χ2v) is 4.46. The maximum atomic E-state index is 9.90. The predicted octanol–water partition coefficient (Wildman–Crippen LogP) is 2.16. The number of aliphatic hydroxyl groups is 1. The first kappa shape index (κ1) is 11.0. The molecule has 1 aliphatic rings. The molecule has 84 valence electrons. The average molecular weight is 217 g/mol. The Morgan fingerprint density at radius 2 is 2.25 bits per heavy atom. The minimum Gasteiger partial charge on any atom is -0.490 e. The third-order valence-corrected chi connectivity index (χ3v) is 3.10. The summed E-state index contributed by atoms with van der Waals surface area (Å²) in [6.45, 7) is 2.25. The minimum atomic E-state index is -0.644. The molecule has 0 unspecified atom stereocenters. The molecule has 0 aliphatic heterocycles. The molecule has 0 atom stereocenters. The summed E-state index contributed by atoms with van der Waals surface area (Å²) in [5.74, 6) is 0.694. The molecule has 1 aromatic carbocycles. The zero-order valence-corrected chi connectivity index (χ0v) is 9.36. The third-order valence-electron chi connectivity index (χ3n) is 3.10. The van der Waals surface area contributed by atoms with Crippen LogP contribution in [-0.2, 0) is 0 Å². The Hall–Kier alpha value is -1.53. The van der Waals surface area contributed by atoms with Crippen LogP contribution in [0.5, 0.6) is 5.75 Å². The monoisotopic (exact) mass is 217 g/mol. The number of nitrogens with zero attached hydrogens (tertiary/aromatic N) is 1. The van der Waals surface area contributed by atoms with Crippen LogP contribution in [0.1, 0.15) is 30.4 Å². The molecule has 0 spiro atoms. The molecular weight excluding hydrogens is 202 g/mol. The van der Waals surface area contributed by atoms with E-state index in [1.807, 2.05) is 13.0 Å². The highest BCUT2D eigenvalue weighted by atomic mass is 16.5. The van der Waals surface area contributed by atoms with E-state index in [-0.39, 0.29) is 0 Å². The van der Waals surface area contributed by atoms with Gasteiger partial charge >= 0.3 is 0 Å². The summed E-state index contributed by atoms with van der Waals surface area (Å²) in [4.78, 5) is 0. The van der Waals surface area contributed by atoms with Gasteiger partial charge in [0.15, 0.2) is 0 Å². The Morgan fingerprint density at radius 1 is 1.50 bits per heavy atom. The number of aryl methyl sites for hydroxylation is 1. The van der Waals surface area contributed by atoms with Crippen molar-refractivity contribution in [3.8, 4) is 11.8 Å². The van der Waals surface area contributed by atoms with Gasteiger partial charge in [-0.05, 0) is 43.9 Å². The summed E-state index contributed by atoms with van der Waals surface area (Å²) in [6.07, 6.45) is 2.69. The summed E-state index contributed by atoms with van der Waals surface area (Å²) in [6, 6.07) is 7.42. The fourth-order valence-electron chi connectivity index (χ4n) is 1.77. The molecule has 1 aromatic rings. The zero-order chi connectivity index (χ0) is 11.6. The fourth-order valence-corrected chi connectivity index (χ4v) is 1.77. The molecule has 0 amide bonds. The van der Waals surface area contributed by atoms with Crippen molar-refractivity contribution < 1.29 is 9.84 Å². The SMILES string of the molecule is Cc1ccc(C#N)cc1OCC1(O)CCC1. The van der Waals surface area contributed by atoms with Crippen LogP contribution in [0.25, 0.3) is 0 Å². The van der Waals surface area contributed by atoms with Crippen LogP contribution in [0.15, 0.2) is 18.2 Å². The minimum absolute atomic E-state index is 0.322. The van der Waals surface area contributed by atoms with Crippen molar-refractivity contribution in [3.63, 3.8) is 0 Å². The Morgan fingerprint density at radius 3 is 2.81 bits per heavy atom. The molecule has 0 aromatic heterocycles.